The van der Waals surface area contributed by atoms with E-state index < -0.39 is 0 Å². The van der Waals surface area contributed by atoms with Gasteiger partial charge in [-0.25, -0.2) is 0 Å². The number of pyridine rings is 1. The van der Waals surface area contributed by atoms with Gasteiger partial charge in [0.05, 0.1) is 12.2 Å². The molecule has 0 unspecified atom stereocenters. The molecule has 136 valence electrons. The molecule has 1 aromatic rings. The zero-order chi connectivity index (χ0) is 17.5. The smallest absolute Gasteiger partial charge is 0.225 e. The van der Waals surface area contributed by atoms with Gasteiger partial charge in [-0.2, -0.15) is 0 Å². The summed E-state index contributed by atoms with van der Waals surface area (Å²) < 4.78 is 0. The van der Waals surface area contributed by atoms with Crippen LogP contribution in [0.15, 0.2) is 24.4 Å². The molecule has 1 saturated heterocycles. The second-order valence-corrected chi connectivity index (χ2v) is 7.41. The molecule has 2 aliphatic rings. The van der Waals surface area contributed by atoms with Crippen molar-refractivity contribution in [3.63, 3.8) is 0 Å². The molecule has 2 heterocycles. The van der Waals surface area contributed by atoms with Crippen LogP contribution in [0, 0.1) is 11.8 Å². The fraction of sp³-hybridized carbons (Fsp3) is 0.650. The van der Waals surface area contributed by atoms with Crippen LogP contribution in [0.1, 0.15) is 57.1 Å². The summed E-state index contributed by atoms with van der Waals surface area (Å²) in [5, 5.41) is 2.95. The monoisotopic (exact) mass is 343 g/mol. The third-order valence-electron chi connectivity index (χ3n) is 5.55. The van der Waals surface area contributed by atoms with Gasteiger partial charge in [0.1, 0.15) is 0 Å². The van der Waals surface area contributed by atoms with E-state index in [1.54, 1.807) is 6.20 Å². The van der Waals surface area contributed by atoms with Crippen molar-refractivity contribution in [3.8, 4) is 0 Å². The topological polar surface area (TPSA) is 62.3 Å². The van der Waals surface area contributed by atoms with Crippen molar-refractivity contribution in [2.45, 2.75) is 57.9 Å². The number of carbonyl (C=O) groups excluding carboxylic acids is 2. The first-order valence-corrected chi connectivity index (χ1v) is 9.68. The Morgan fingerprint density at radius 3 is 2.52 bits per heavy atom. The normalized spacial score (nSPS) is 19.6. The van der Waals surface area contributed by atoms with Crippen molar-refractivity contribution < 1.29 is 9.59 Å². The predicted octanol–water partition coefficient (Wildman–Crippen LogP) is 2.91. The molecule has 2 fully saturated rings. The molecular formula is C20H29N3O2. The third-order valence-corrected chi connectivity index (χ3v) is 5.55. The average Bonchev–Trinajstić information content (AvgIpc) is 2.68. The van der Waals surface area contributed by atoms with E-state index in [1.807, 2.05) is 23.1 Å². The Bertz CT molecular complexity index is 562. The van der Waals surface area contributed by atoms with Crippen LogP contribution in [-0.4, -0.2) is 34.8 Å². The summed E-state index contributed by atoms with van der Waals surface area (Å²) >= 11 is 0. The molecule has 1 aliphatic carbocycles. The van der Waals surface area contributed by atoms with Crippen molar-refractivity contribution in [2.24, 2.45) is 11.8 Å². The number of rotatable bonds is 5. The number of hydrogen-bond donors (Lipinski definition) is 1. The summed E-state index contributed by atoms with van der Waals surface area (Å²) in [6.07, 6.45) is 9.97. The molecule has 0 radical (unpaired) electrons. The van der Waals surface area contributed by atoms with Gasteiger partial charge in [0, 0.05) is 31.6 Å². The minimum Gasteiger partial charge on any atom is -0.350 e. The first kappa shape index (κ1) is 17.9. The van der Waals surface area contributed by atoms with Crippen molar-refractivity contribution in [1.82, 2.24) is 15.2 Å². The zero-order valence-corrected chi connectivity index (χ0v) is 15.0. The van der Waals surface area contributed by atoms with Crippen LogP contribution in [0.5, 0.6) is 0 Å². The van der Waals surface area contributed by atoms with E-state index in [0.29, 0.717) is 24.8 Å². The molecule has 5 heteroatoms. The second-order valence-electron chi connectivity index (χ2n) is 7.41. The van der Waals surface area contributed by atoms with Crippen LogP contribution in [0.2, 0.25) is 0 Å². The van der Waals surface area contributed by atoms with Gasteiger partial charge in [0.15, 0.2) is 0 Å². The molecule has 0 spiro atoms. The summed E-state index contributed by atoms with van der Waals surface area (Å²) in [6, 6.07) is 5.71. The summed E-state index contributed by atoms with van der Waals surface area (Å²) in [4.78, 5) is 31.0. The number of nitrogens with zero attached hydrogens (tertiary/aromatic N) is 2. The number of piperidine rings is 1. The maximum atomic E-state index is 12.6. The first-order valence-electron chi connectivity index (χ1n) is 9.68. The maximum absolute atomic E-state index is 12.6. The van der Waals surface area contributed by atoms with Gasteiger partial charge in [-0.3, -0.25) is 14.6 Å². The molecule has 1 aromatic heterocycles. The fourth-order valence-electron chi connectivity index (χ4n) is 3.99. The molecule has 0 aromatic carbocycles. The molecule has 0 atom stereocenters. The molecule has 1 N–H and O–H groups in total. The van der Waals surface area contributed by atoms with Crippen LogP contribution in [0.3, 0.4) is 0 Å². The van der Waals surface area contributed by atoms with Crippen molar-refractivity contribution in [3.05, 3.63) is 30.1 Å². The number of hydrogen-bond acceptors (Lipinski definition) is 3. The fourth-order valence-corrected chi connectivity index (χ4v) is 3.99. The first-order chi connectivity index (χ1) is 12.2. The number of amides is 2. The highest BCUT2D eigenvalue weighted by Gasteiger charge is 2.29. The van der Waals surface area contributed by atoms with Gasteiger partial charge >= 0.3 is 0 Å². The summed E-state index contributed by atoms with van der Waals surface area (Å²) in [5.41, 5.74) is 0.878. The van der Waals surface area contributed by atoms with Crippen LogP contribution in [-0.2, 0) is 16.1 Å². The standard InChI is InChI=1S/C20H29N3O2/c24-19(22-15-18-8-4-5-11-21-18)14-16-9-12-23(13-10-16)20(25)17-6-2-1-3-7-17/h4-5,8,11,16-17H,1-3,6-7,9-10,12-15H2,(H,22,24). The lowest BCUT2D eigenvalue weighted by molar-refractivity contribution is -0.138. The third kappa shape index (κ3) is 5.28. The summed E-state index contributed by atoms with van der Waals surface area (Å²) in [5.74, 6) is 1.09. The van der Waals surface area contributed by atoms with Crippen LogP contribution < -0.4 is 5.32 Å². The van der Waals surface area contributed by atoms with E-state index >= 15 is 0 Å². The van der Waals surface area contributed by atoms with Gasteiger partial charge in [-0.15, -0.1) is 0 Å². The second kappa shape index (κ2) is 8.97. The number of aromatic nitrogens is 1. The number of likely N-dealkylation sites (tertiary alicyclic amines) is 1. The average molecular weight is 343 g/mol. The summed E-state index contributed by atoms with van der Waals surface area (Å²) in [6.45, 7) is 2.11. The molecule has 1 saturated carbocycles. The van der Waals surface area contributed by atoms with E-state index in [-0.39, 0.29) is 11.8 Å². The molecule has 3 rings (SSSR count). The van der Waals surface area contributed by atoms with Gasteiger partial charge in [0.2, 0.25) is 11.8 Å². The Kier molecular flexibility index (Phi) is 6.42. The number of nitrogens with one attached hydrogen (secondary N) is 1. The largest absolute Gasteiger partial charge is 0.350 e. The minimum atomic E-state index is 0.0858. The molecular weight excluding hydrogens is 314 g/mol. The Morgan fingerprint density at radius 1 is 1.08 bits per heavy atom. The molecule has 0 bridgehead atoms. The molecule has 5 nitrogen and oxygen atoms in total. The Morgan fingerprint density at radius 2 is 1.84 bits per heavy atom. The lowest BCUT2D eigenvalue weighted by Gasteiger charge is -2.35. The molecule has 2 amide bonds. The lowest BCUT2D eigenvalue weighted by atomic mass is 9.87. The van der Waals surface area contributed by atoms with Gasteiger partial charge < -0.3 is 10.2 Å². The predicted molar refractivity (Wildman–Crippen MR) is 96.6 cm³/mol. The van der Waals surface area contributed by atoms with Crippen LogP contribution in [0.25, 0.3) is 0 Å². The van der Waals surface area contributed by atoms with Crippen molar-refractivity contribution in [2.75, 3.05) is 13.1 Å². The zero-order valence-electron chi connectivity index (χ0n) is 15.0. The van der Waals surface area contributed by atoms with E-state index in [4.69, 9.17) is 0 Å². The van der Waals surface area contributed by atoms with Gasteiger partial charge in [0.25, 0.3) is 0 Å². The Balaban J connectivity index is 1.37. The number of carbonyl (C=O) groups is 2. The van der Waals surface area contributed by atoms with Crippen molar-refractivity contribution >= 4 is 11.8 Å². The quantitative estimate of drug-likeness (QED) is 0.894. The highest BCUT2D eigenvalue weighted by atomic mass is 16.2. The van der Waals surface area contributed by atoms with Crippen LogP contribution in [0.4, 0.5) is 0 Å². The van der Waals surface area contributed by atoms with Gasteiger partial charge in [-0.1, -0.05) is 25.3 Å². The Labute approximate surface area is 150 Å². The minimum absolute atomic E-state index is 0.0858. The maximum Gasteiger partial charge on any atom is 0.225 e. The van der Waals surface area contributed by atoms with E-state index in [1.165, 1.54) is 19.3 Å². The van der Waals surface area contributed by atoms with E-state index in [2.05, 4.69) is 10.3 Å². The molecule has 1 aliphatic heterocycles. The molecule has 25 heavy (non-hydrogen) atoms. The van der Waals surface area contributed by atoms with Crippen LogP contribution >= 0.6 is 0 Å². The highest BCUT2D eigenvalue weighted by Crippen LogP contribution is 2.28. The Hall–Kier alpha value is -1.91. The lowest BCUT2D eigenvalue weighted by Crippen LogP contribution is -2.43. The van der Waals surface area contributed by atoms with Crippen molar-refractivity contribution in [1.29, 1.82) is 0 Å². The van der Waals surface area contributed by atoms with Gasteiger partial charge in [-0.05, 0) is 43.7 Å². The van der Waals surface area contributed by atoms with E-state index in [0.717, 1.165) is 44.5 Å². The summed E-state index contributed by atoms with van der Waals surface area (Å²) in [7, 11) is 0. The highest BCUT2D eigenvalue weighted by molar-refractivity contribution is 5.79. The van der Waals surface area contributed by atoms with E-state index in [9.17, 15) is 9.59 Å². The SMILES string of the molecule is O=C(CC1CCN(C(=O)C2CCCCC2)CC1)NCc1ccccn1.